The zero-order valence-electron chi connectivity index (χ0n) is 7.84. The monoisotopic (exact) mass is 243 g/mol. The van der Waals surface area contributed by atoms with Gasteiger partial charge in [-0.3, -0.25) is 0 Å². The van der Waals surface area contributed by atoms with Gasteiger partial charge in [0.15, 0.2) is 0 Å². The van der Waals surface area contributed by atoms with Gasteiger partial charge in [0.2, 0.25) is 0 Å². The third kappa shape index (κ3) is 2.10. The Bertz CT molecular complexity index is 310. The number of hydrogen-bond acceptors (Lipinski definition) is 2. The van der Waals surface area contributed by atoms with Gasteiger partial charge in [0.1, 0.15) is 0 Å². The lowest BCUT2D eigenvalue weighted by molar-refractivity contribution is 0.209. The van der Waals surface area contributed by atoms with E-state index >= 15 is 0 Å². The molecule has 0 heterocycles. The minimum Gasteiger partial charge on any atom is -0.394 e. The first-order valence-electron chi connectivity index (χ1n) is 4.14. The molecule has 1 aromatic rings. The summed E-state index contributed by atoms with van der Waals surface area (Å²) in [6, 6.07) is 5.83. The fourth-order valence-electron chi connectivity index (χ4n) is 1.31. The van der Waals surface area contributed by atoms with Crippen molar-refractivity contribution in [3.63, 3.8) is 0 Å². The number of aliphatic hydroxyl groups is 1. The second-order valence-corrected chi connectivity index (χ2v) is 4.34. The van der Waals surface area contributed by atoms with Crippen molar-refractivity contribution < 1.29 is 5.11 Å². The van der Waals surface area contributed by atoms with Gasteiger partial charge in [-0.1, -0.05) is 28.1 Å². The molecule has 1 unspecified atom stereocenters. The van der Waals surface area contributed by atoms with Crippen molar-refractivity contribution in [2.24, 2.45) is 5.73 Å². The van der Waals surface area contributed by atoms with Crippen molar-refractivity contribution in [2.75, 3.05) is 6.61 Å². The Kier molecular flexibility index (Phi) is 3.11. The van der Waals surface area contributed by atoms with Gasteiger partial charge in [-0.2, -0.15) is 0 Å². The summed E-state index contributed by atoms with van der Waals surface area (Å²) in [7, 11) is 0. The van der Waals surface area contributed by atoms with E-state index in [1.807, 2.05) is 32.0 Å². The SMILES string of the molecule is Cc1c(Br)cccc1C(C)(N)CO. The molecular weight excluding hydrogens is 230 g/mol. The molecule has 0 spiro atoms. The van der Waals surface area contributed by atoms with Crippen LogP contribution in [-0.2, 0) is 5.54 Å². The van der Waals surface area contributed by atoms with Gasteiger partial charge in [-0.05, 0) is 31.0 Å². The van der Waals surface area contributed by atoms with Crippen molar-refractivity contribution in [3.05, 3.63) is 33.8 Å². The van der Waals surface area contributed by atoms with Crippen LogP contribution in [0.5, 0.6) is 0 Å². The minimum absolute atomic E-state index is 0.0513. The Labute approximate surface area is 86.9 Å². The van der Waals surface area contributed by atoms with Crippen LogP contribution in [-0.4, -0.2) is 11.7 Å². The maximum absolute atomic E-state index is 9.12. The molecule has 0 radical (unpaired) electrons. The molecule has 3 heteroatoms. The summed E-state index contributed by atoms with van der Waals surface area (Å²) in [6.45, 7) is 3.76. The van der Waals surface area contributed by atoms with E-state index in [0.717, 1.165) is 15.6 Å². The molecular formula is C10H14BrNO. The summed E-state index contributed by atoms with van der Waals surface area (Å²) in [6.07, 6.45) is 0. The average molecular weight is 244 g/mol. The molecule has 1 atom stereocenters. The van der Waals surface area contributed by atoms with Crippen LogP contribution in [0, 0.1) is 6.92 Å². The van der Waals surface area contributed by atoms with E-state index in [1.54, 1.807) is 0 Å². The Morgan fingerprint density at radius 2 is 2.15 bits per heavy atom. The number of benzene rings is 1. The highest BCUT2D eigenvalue weighted by Crippen LogP contribution is 2.26. The minimum atomic E-state index is -0.659. The van der Waals surface area contributed by atoms with Gasteiger partial charge in [0.25, 0.3) is 0 Å². The summed E-state index contributed by atoms with van der Waals surface area (Å²) in [4.78, 5) is 0. The third-order valence-electron chi connectivity index (χ3n) is 2.21. The van der Waals surface area contributed by atoms with Gasteiger partial charge in [0.05, 0.1) is 12.1 Å². The van der Waals surface area contributed by atoms with Crippen LogP contribution < -0.4 is 5.73 Å². The molecule has 0 aliphatic rings. The number of hydrogen-bond donors (Lipinski definition) is 2. The summed E-state index contributed by atoms with van der Waals surface area (Å²) in [5.74, 6) is 0. The first kappa shape index (κ1) is 10.7. The summed E-state index contributed by atoms with van der Waals surface area (Å²) in [5, 5.41) is 9.12. The normalized spacial score (nSPS) is 15.5. The molecule has 0 saturated carbocycles. The molecule has 3 N–H and O–H groups in total. The second-order valence-electron chi connectivity index (χ2n) is 3.49. The van der Waals surface area contributed by atoms with Crippen molar-refractivity contribution in [1.82, 2.24) is 0 Å². The summed E-state index contributed by atoms with van der Waals surface area (Å²) < 4.78 is 1.02. The number of aliphatic hydroxyl groups excluding tert-OH is 1. The lowest BCUT2D eigenvalue weighted by atomic mass is 9.90. The molecule has 2 nitrogen and oxygen atoms in total. The number of nitrogens with two attached hydrogens (primary N) is 1. The standard InChI is InChI=1S/C10H14BrNO/c1-7-8(10(2,12)6-13)4-3-5-9(7)11/h3-5,13H,6,12H2,1-2H3. The predicted molar refractivity (Wildman–Crippen MR) is 57.5 cm³/mol. The van der Waals surface area contributed by atoms with E-state index in [2.05, 4.69) is 15.9 Å². The fourth-order valence-corrected chi connectivity index (χ4v) is 1.68. The Morgan fingerprint density at radius 3 is 2.69 bits per heavy atom. The molecule has 72 valence electrons. The second kappa shape index (κ2) is 3.78. The molecule has 0 amide bonds. The maximum atomic E-state index is 9.12. The Morgan fingerprint density at radius 1 is 1.54 bits per heavy atom. The topological polar surface area (TPSA) is 46.2 Å². The van der Waals surface area contributed by atoms with E-state index in [9.17, 15) is 0 Å². The van der Waals surface area contributed by atoms with Crippen LogP contribution in [0.1, 0.15) is 18.1 Å². The smallest absolute Gasteiger partial charge is 0.0650 e. The van der Waals surface area contributed by atoms with Crippen molar-refractivity contribution >= 4 is 15.9 Å². The first-order valence-corrected chi connectivity index (χ1v) is 4.93. The van der Waals surface area contributed by atoms with E-state index in [1.165, 1.54) is 0 Å². The van der Waals surface area contributed by atoms with E-state index in [-0.39, 0.29) is 6.61 Å². The van der Waals surface area contributed by atoms with Crippen molar-refractivity contribution in [3.8, 4) is 0 Å². The summed E-state index contributed by atoms with van der Waals surface area (Å²) in [5.41, 5.74) is 7.34. The van der Waals surface area contributed by atoms with Gasteiger partial charge in [0, 0.05) is 4.47 Å². The average Bonchev–Trinajstić information content (AvgIpc) is 2.09. The molecule has 13 heavy (non-hydrogen) atoms. The molecule has 0 saturated heterocycles. The maximum Gasteiger partial charge on any atom is 0.0650 e. The zero-order valence-corrected chi connectivity index (χ0v) is 9.43. The summed E-state index contributed by atoms with van der Waals surface area (Å²) >= 11 is 3.43. The lowest BCUT2D eigenvalue weighted by Gasteiger charge is -2.24. The van der Waals surface area contributed by atoms with E-state index in [0.29, 0.717) is 0 Å². The van der Waals surface area contributed by atoms with Crippen molar-refractivity contribution in [1.29, 1.82) is 0 Å². The van der Waals surface area contributed by atoms with Crippen LogP contribution in [0.15, 0.2) is 22.7 Å². The number of rotatable bonds is 2. The van der Waals surface area contributed by atoms with Crippen LogP contribution in [0.2, 0.25) is 0 Å². The lowest BCUT2D eigenvalue weighted by Crippen LogP contribution is -2.37. The third-order valence-corrected chi connectivity index (χ3v) is 3.07. The molecule has 0 fully saturated rings. The molecule has 0 aliphatic heterocycles. The highest BCUT2D eigenvalue weighted by Gasteiger charge is 2.22. The van der Waals surface area contributed by atoms with Crippen LogP contribution in [0.4, 0.5) is 0 Å². The van der Waals surface area contributed by atoms with Gasteiger partial charge >= 0.3 is 0 Å². The highest BCUT2D eigenvalue weighted by atomic mass is 79.9. The first-order chi connectivity index (χ1) is 5.99. The zero-order chi connectivity index (χ0) is 10.1. The Balaban J connectivity index is 3.22. The largest absolute Gasteiger partial charge is 0.394 e. The van der Waals surface area contributed by atoms with Crippen LogP contribution in [0.25, 0.3) is 0 Å². The Hall–Kier alpha value is -0.380. The molecule has 0 aromatic heterocycles. The predicted octanol–water partition coefficient (Wildman–Crippen LogP) is 1.92. The van der Waals surface area contributed by atoms with Crippen molar-refractivity contribution in [2.45, 2.75) is 19.4 Å². The van der Waals surface area contributed by atoms with E-state index in [4.69, 9.17) is 10.8 Å². The quantitative estimate of drug-likeness (QED) is 0.834. The fraction of sp³-hybridized carbons (Fsp3) is 0.400. The van der Waals surface area contributed by atoms with Gasteiger partial charge in [-0.15, -0.1) is 0 Å². The highest BCUT2D eigenvalue weighted by molar-refractivity contribution is 9.10. The molecule has 1 aromatic carbocycles. The van der Waals surface area contributed by atoms with Gasteiger partial charge in [-0.25, -0.2) is 0 Å². The number of halogens is 1. The van der Waals surface area contributed by atoms with Crippen LogP contribution >= 0.6 is 15.9 Å². The van der Waals surface area contributed by atoms with Crippen LogP contribution in [0.3, 0.4) is 0 Å². The van der Waals surface area contributed by atoms with E-state index < -0.39 is 5.54 Å². The van der Waals surface area contributed by atoms with Gasteiger partial charge < -0.3 is 10.8 Å². The molecule has 0 bridgehead atoms. The molecule has 0 aliphatic carbocycles. The molecule has 1 rings (SSSR count).